The molecule has 0 spiro atoms. The third kappa shape index (κ3) is 4.05. The first-order valence-corrected chi connectivity index (χ1v) is 10.3. The largest absolute Gasteiger partial charge is 0.507 e. The van der Waals surface area contributed by atoms with Gasteiger partial charge in [-0.05, 0) is 36.6 Å². The number of likely N-dealkylation sites (tertiary alicyclic amines) is 1. The smallest absolute Gasteiger partial charge is 0.419 e. The summed E-state index contributed by atoms with van der Waals surface area (Å²) in [6.07, 6.45) is -3.15. The topological polar surface area (TPSA) is 43.7 Å². The minimum Gasteiger partial charge on any atom is -0.507 e. The number of aromatic hydroxyl groups is 1. The summed E-state index contributed by atoms with van der Waals surface area (Å²) < 4.78 is 39.7. The lowest BCUT2D eigenvalue weighted by atomic mass is 9.79. The minimum atomic E-state index is -4.63. The molecule has 2 N–H and O–H groups in total. The molecule has 0 amide bonds. The molecule has 162 valence electrons. The number of alkyl halides is 3. The Morgan fingerprint density at radius 3 is 1.97 bits per heavy atom. The standard InChI is InChI=1S/C25H24F3NO2/c26-25(27,28)21-14-7-9-18(23(21)30)17-29-16-8-15-22(29)24(31,19-10-3-1-4-11-19)20-12-5-2-6-13-20/h1-7,9-14,22,30-31H,8,15-17H2/t22-/m0/s1. The van der Waals surface area contributed by atoms with Crippen LogP contribution in [0.15, 0.2) is 78.9 Å². The molecular formula is C25H24F3NO2. The van der Waals surface area contributed by atoms with Gasteiger partial charge in [-0.25, -0.2) is 0 Å². The molecule has 3 aromatic carbocycles. The maximum absolute atomic E-state index is 13.2. The average Bonchev–Trinajstić information content (AvgIpc) is 3.24. The summed E-state index contributed by atoms with van der Waals surface area (Å²) in [6.45, 7) is 0.727. The van der Waals surface area contributed by atoms with E-state index in [1.807, 2.05) is 65.6 Å². The number of phenols is 1. The van der Waals surface area contributed by atoms with Crippen LogP contribution in [0.1, 0.15) is 35.1 Å². The number of rotatable bonds is 5. The lowest BCUT2D eigenvalue weighted by Crippen LogP contribution is -2.48. The number of para-hydroxylation sites is 1. The maximum Gasteiger partial charge on any atom is 0.419 e. The highest BCUT2D eigenvalue weighted by Gasteiger charge is 2.45. The van der Waals surface area contributed by atoms with E-state index in [0.29, 0.717) is 13.0 Å². The lowest BCUT2D eigenvalue weighted by molar-refractivity contribution is -0.138. The SMILES string of the molecule is Oc1c(CN2CCC[C@H]2C(O)(c2ccccc2)c2ccccc2)cccc1C(F)(F)F. The Kier molecular flexibility index (Phi) is 5.77. The number of hydrogen-bond donors (Lipinski definition) is 2. The van der Waals surface area contributed by atoms with Crippen LogP contribution in [0.5, 0.6) is 5.75 Å². The van der Waals surface area contributed by atoms with Gasteiger partial charge in [0.05, 0.1) is 5.56 Å². The van der Waals surface area contributed by atoms with Gasteiger partial charge in [-0.3, -0.25) is 4.90 Å². The Labute approximate surface area is 179 Å². The van der Waals surface area contributed by atoms with Crippen molar-refractivity contribution in [2.75, 3.05) is 6.54 Å². The number of halogens is 3. The summed E-state index contributed by atoms with van der Waals surface area (Å²) in [7, 11) is 0. The predicted molar refractivity (Wildman–Crippen MR) is 112 cm³/mol. The van der Waals surface area contributed by atoms with E-state index in [0.717, 1.165) is 23.6 Å². The van der Waals surface area contributed by atoms with Crippen molar-refractivity contribution in [1.29, 1.82) is 0 Å². The molecular weight excluding hydrogens is 403 g/mol. The van der Waals surface area contributed by atoms with Gasteiger partial charge in [-0.2, -0.15) is 13.2 Å². The normalized spacial score (nSPS) is 17.7. The van der Waals surface area contributed by atoms with Crippen molar-refractivity contribution in [3.8, 4) is 5.75 Å². The highest BCUT2D eigenvalue weighted by molar-refractivity contribution is 5.43. The second-order valence-electron chi connectivity index (χ2n) is 7.94. The van der Waals surface area contributed by atoms with E-state index < -0.39 is 23.1 Å². The Morgan fingerprint density at radius 2 is 1.42 bits per heavy atom. The van der Waals surface area contributed by atoms with Crippen LogP contribution in [0.4, 0.5) is 13.2 Å². The number of phenolic OH excluding ortho intramolecular Hbond substituents is 1. The average molecular weight is 427 g/mol. The highest BCUT2D eigenvalue weighted by Crippen LogP contribution is 2.42. The van der Waals surface area contributed by atoms with Crippen LogP contribution in [0.3, 0.4) is 0 Å². The van der Waals surface area contributed by atoms with Gasteiger partial charge < -0.3 is 10.2 Å². The molecule has 3 aromatic rings. The third-order valence-electron chi connectivity index (χ3n) is 6.07. The first-order valence-electron chi connectivity index (χ1n) is 10.3. The van der Waals surface area contributed by atoms with Gasteiger partial charge in [0, 0.05) is 18.2 Å². The Hall–Kier alpha value is -2.83. The lowest BCUT2D eigenvalue weighted by Gasteiger charge is -2.40. The van der Waals surface area contributed by atoms with Crippen molar-refractivity contribution >= 4 is 0 Å². The zero-order valence-corrected chi connectivity index (χ0v) is 16.9. The van der Waals surface area contributed by atoms with Crippen molar-refractivity contribution in [1.82, 2.24) is 4.90 Å². The molecule has 0 aromatic heterocycles. The van der Waals surface area contributed by atoms with Crippen LogP contribution in [-0.4, -0.2) is 27.7 Å². The first kappa shape index (κ1) is 21.4. The van der Waals surface area contributed by atoms with E-state index in [1.54, 1.807) is 0 Å². The first-order chi connectivity index (χ1) is 14.8. The second-order valence-corrected chi connectivity index (χ2v) is 7.94. The van der Waals surface area contributed by atoms with Crippen molar-refractivity contribution in [3.05, 3.63) is 101 Å². The van der Waals surface area contributed by atoms with E-state index in [4.69, 9.17) is 0 Å². The van der Waals surface area contributed by atoms with Crippen LogP contribution in [0.25, 0.3) is 0 Å². The Bertz CT molecular complexity index is 982. The molecule has 1 aliphatic heterocycles. The van der Waals surface area contributed by atoms with Crippen LogP contribution >= 0.6 is 0 Å². The van der Waals surface area contributed by atoms with E-state index in [-0.39, 0.29) is 18.2 Å². The molecule has 0 aliphatic carbocycles. The van der Waals surface area contributed by atoms with Crippen molar-refractivity contribution in [3.63, 3.8) is 0 Å². The van der Waals surface area contributed by atoms with E-state index >= 15 is 0 Å². The molecule has 3 nitrogen and oxygen atoms in total. The van der Waals surface area contributed by atoms with Crippen molar-refractivity contribution in [2.45, 2.75) is 37.2 Å². The molecule has 1 saturated heterocycles. The maximum atomic E-state index is 13.2. The zero-order chi connectivity index (χ0) is 22.1. The monoisotopic (exact) mass is 427 g/mol. The van der Waals surface area contributed by atoms with E-state index in [2.05, 4.69) is 0 Å². The third-order valence-corrected chi connectivity index (χ3v) is 6.07. The summed E-state index contributed by atoms with van der Waals surface area (Å²) in [4.78, 5) is 1.97. The molecule has 4 rings (SSSR count). The van der Waals surface area contributed by atoms with Gasteiger partial charge in [0.2, 0.25) is 0 Å². The zero-order valence-electron chi connectivity index (χ0n) is 16.9. The number of aliphatic hydroxyl groups is 1. The summed E-state index contributed by atoms with van der Waals surface area (Å²) in [5.41, 5.74) is -0.721. The highest BCUT2D eigenvalue weighted by atomic mass is 19.4. The van der Waals surface area contributed by atoms with Gasteiger partial charge in [0.15, 0.2) is 0 Å². The second kappa shape index (κ2) is 8.36. The van der Waals surface area contributed by atoms with Gasteiger partial charge >= 0.3 is 6.18 Å². The van der Waals surface area contributed by atoms with Gasteiger partial charge in [0.25, 0.3) is 0 Å². The number of benzene rings is 3. The summed E-state index contributed by atoms with van der Waals surface area (Å²) in [5, 5.41) is 22.4. The number of nitrogens with zero attached hydrogens (tertiary/aromatic N) is 1. The molecule has 1 aliphatic rings. The van der Waals surface area contributed by atoms with E-state index in [1.165, 1.54) is 12.1 Å². The molecule has 0 radical (unpaired) electrons. The van der Waals surface area contributed by atoms with Crippen LogP contribution in [0.2, 0.25) is 0 Å². The van der Waals surface area contributed by atoms with Crippen molar-refractivity contribution in [2.24, 2.45) is 0 Å². The molecule has 0 unspecified atom stereocenters. The van der Waals surface area contributed by atoms with Crippen LogP contribution in [0, 0.1) is 0 Å². The van der Waals surface area contributed by atoms with Crippen LogP contribution in [-0.2, 0) is 18.3 Å². The fraction of sp³-hybridized carbons (Fsp3) is 0.280. The Morgan fingerprint density at radius 1 is 0.839 bits per heavy atom. The summed E-state index contributed by atoms with van der Waals surface area (Å²) in [6, 6.07) is 22.0. The Balaban J connectivity index is 1.73. The molecule has 1 fully saturated rings. The predicted octanol–water partition coefficient (Wildman–Crippen LogP) is 5.31. The van der Waals surface area contributed by atoms with Crippen molar-refractivity contribution < 1.29 is 23.4 Å². The molecule has 0 bridgehead atoms. The van der Waals surface area contributed by atoms with E-state index in [9.17, 15) is 23.4 Å². The van der Waals surface area contributed by atoms with Gasteiger partial charge in [0.1, 0.15) is 11.4 Å². The fourth-order valence-electron chi connectivity index (χ4n) is 4.59. The summed E-state index contributed by atoms with van der Waals surface area (Å²) >= 11 is 0. The van der Waals surface area contributed by atoms with Gasteiger partial charge in [-0.1, -0.05) is 72.8 Å². The molecule has 31 heavy (non-hydrogen) atoms. The fourth-order valence-corrected chi connectivity index (χ4v) is 4.59. The minimum absolute atomic E-state index is 0.113. The van der Waals surface area contributed by atoms with Gasteiger partial charge in [-0.15, -0.1) is 0 Å². The molecule has 1 atom stereocenters. The molecule has 1 heterocycles. The van der Waals surface area contributed by atoms with Crippen LogP contribution < -0.4 is 0 Å². The quantitative estimate of drug-likeness (QED) is 0.580. The molecule has 0 saturated carbocycles. The number of hydrogen-bond acceptors (Lipinski definition) is 3. The summed E-state index contributed by atoms with van der Waals surface area (Å²) in [5.74, 6) is -0.747. The molecule has 6 heteroatoms.